The van der Waals surface area contributed by atoms with Crippen LogP contribution in [0.2, 0.25) is 0 Å². The number of aryl methyl sites for hydroxylation is 2. The average molecular weight is 279 g/mol. The highest BCUT2D eigenvalue weighted by Gasteiger charge is 2.10. The summed E-state index contributed by atoms with van der Waals surface area (Å²) in [5.74, 6) is 0. The number of nitrogens with zero attached hydrogens (tertiary/aromatic N) is 2. The number of fused-ring (bicyclic) bond motifs is 1. The van der Waals surface area contributed by atoms with E-state index in [1.54, 1.807) is 6.20 Å². The fourth-order valence-corrected chi connectivity index (χ4v) is 2.29. The maximum absolute atomic E-state index is 12.3. The molecule has 1 amide bonds. The van der Waals surface area contributed by atoms with Crippen LogP contribution in [0.1, 0.15) is 18.1 Å². The van der Waals surface area contributed by atoms with Gasteiger partial charge in [-0.05, 0) is 42.7 Å². The number of anilines is 1. The maximum atomic E-state index is 12.3. The lowest BCUT2D eigenvalue weighted by Gasteiger charge is -2.07. The monoisotopic (exact) mass is 279 g/mol. The molecule has 0 bridgehead atoms. The summed E-state index contributed by atoms with van der Waals surface area (Å²) in [5, 5.41) is 8.00. The van der Waals surface area contributed by atoms with E-state index in [-0.39, 0.29) is 6.03 Å². The van der Waals surface area contributed by atoms with E-state index in [2.05, 4.69) is 17.3 Å². The Bertz CT molecular complexity index is 787. The number of hydrogen-bond acceptors (Lipinski definition) is 2. The van der Waals surface area contributed by atoms with Crippen molar-refractivity contribution in [3.63, 3.8) is 0 Å². The second-order valence-corrected chi connectivity index (χ2v) is 5.10. The molecule has 106 valence electrons. The van der Waals surface area contributed by atoms with Gasteiger partial charge in [0.1, 0.15) is 0 Å². The van der Waals surface area contributed by atoms with Gasteiger partial charge in [0.05, 0.1) is 11.7 Å². The Labute approximate surface area is 123 Å². The Kier molecular flexibility index (Phi) is 3.44. The van der Waals surface area contributed by atoms with Crippen molar-refractivity contribution in [3.05, 3.63) is 59.8 Å². The van der Waals surface area contributed by atoms with E-state index >= 15 is 0 Å². The summed E-state index contributed by atoms with van der Waals surface area (Å²) in [7, 11) is 0. The molecule has 21 heavy (non-hydrogen) atoms. The zero-order valence-corrected chi connectivity index (χ0v) is 12.1. The van der Waals surface area contributed by atoms with E-state index < -0.39 is 0 Å². The third-order valence-corrected chi connectivity index (χ3v) is 3.53. The summed E-state index contributed by atoms with van der Waals surface area (Å²) in [6, 6.07) is 13.5. The minimum Gasteiger partial charge on any atom is -0.306 e. The lowest BCUT2D eigenvalue weighted by atomic mass is 10.1. The van der Waals surface area contributed by atoms with E-state index in [1.165, 1.54) is 10.2 Å². The standard InChI is InChI=1S/C17H17N3O/c1-3-13-5-8-15(9-6-13)19-17(21)20-16-10-12(2)4-7-14(16)11-18-20/h4-11H,3H2,1-2H3,(H,19,21). The van der Waals surface area contributed by atoms with Crippen molar-refractivity contribution in [1.29, 1.82) is 0 Å². The van der Waals surface area contributed by atoms with Crippen LogP contribution in [0, 0.1) is 6.92 Å². The van der Waals surface area contributed by atoms with Crippen LogP contribution in [0.4, 0.5) is 10.5 Å². The van der Waals surface area contributed by atoms with E-state index in [1.807, 2.05) is 49.4 Å². The Morgan fingerprint density at radius 2 is 1.95 bits per heavy atom. The molecule has 0 saturated heterocycles. The molecule has 1 heterocycles. The number of benzene rings is 2. The molecule has 3 aromatic rings. The van der Waals surface area contributed by atoms with Crippen LogP contribution >= 0.6 is 0 Å². The first-order valence-electron chi connectivity index (χ1n) is 7.02. The van der Waals surface area contributed by atoms with Gasteiger partial charge < -0.3 is 5.32 Å². The van der Waals surface area contributed by atoms with Gasteiger partial charge in [-0.25, -0.2) is 4.79 Å². The maximum Gasteiger partial charge on any atom is 0.347 e. The van der Waals surface area contributed by atoms with Crippen LogP contribution in [-0.4, -0.2) is 15.8 Å². The highest BCUT2D eigenvalue weighted by Crippen LogP contribution is 2.16. The Balaban J connectivity index is 1.87. The summed E-state index contributed by atoms with van der Waals surface area (Å²) >= 11 is 0. The molecule has 0 saturated carbocycles. The molecule has 0 aliphatic rings. The zero-order chi connectivity index (χ0) is 14.8. The van der Waals surface area contributed by atoms with Gasteiger partial charge in [-0.15, -0.1) is 0 Å². The highest BCUT2D eigenvalue weighted by molar-refractivity contribution is 5.97. The van der Waals surface area contributed by atoms with Crippen LogP contribution in [0.3, 0.4) is 0 Å². The number of amides is 1. The molecular weight excluding hydrogens is 262 g/mol. The minimum absolute atomic E-state index is 0.250. The molecule has 0 atom stereocenters. The van der Waals surface area contributed by atoms with Crippen molar-refractivity contribution < 1.29 is 4.79 Å². The topological polar surface area (TPSA) is 46.9 Å². The highest BCUT2D eigenvalue weighted by atomic mass is 16.2. The van der Waals surface area contributed by atoms with Crippen LogP contribution in [0.25, 0.3) is 10.9 Å². The van der Waals surface area contributed by atoms with E-state index in [0.717, 1.165) is 28.6 Å². The fourth-order valence-electron chi connectivity index (χ4n) is 2.29. The molecule has 2 aromatic carbocycles. The molecule has 1 aromatic heterocycles. The molecule has 0 spiro atoms. The van der Waals surface area contributed by atoms with Crippen molar-refractivity contribution in [2.75, 3.05) is 5.32 Å². The Morgan fingerprint density at radius 3 is 2.67 bits per heavy atom. The summed E-state index contributed by atoms with van der Waals surface area (Å²) < 4.78 is 1.40. The summed E-state index contributed by atoms with van der Waals surface area (Å²) in [6.45, 7) is 4.10. The molecule has 0 aliphatic carbocycles. The van der Waals surface area contributed by atoms with Crippen LogP contribution < -0.4 is 5.32 Å². The Morgan fingerprint density at radius 1 is 1.19 bits per heavy atom. The molecule has 3 rings (SSSR count). The number of hydrogen-bond donors (Lipinski definition) is 1. The van der Waals surface area contributed by atoms with Gasteiger partial charge in [0.25, 0.3) is 0 Å². The second-order valence-electron chi connectivity index (χ2n) is 5.10. The molecule has 1 N–H and O–H groups in total. The predicted octanol–water partition coefficient (Wildman–Crippen LogP) is 3.99. The normalized spacial score (nSPS) is 10.8. The third-order valence-electron chi connectivity index (χ3n) is 3.53. The molecule has 4 nitrogen and oxygen atoms in total. The van der Waals surface area contributed by atoms with Gasteiger partial charge in [0, 0.05) is 11.1 Å². The second kappa shape index (κ2) is 5.40. The van der Waals surface area contributed by atoms with Crippen molar-refractivity contribution in [2.45, 2.75) is 20.3 Å². The van der Waals surface area contributed by atoms with Crippen molar-refractivity contribution in [3.8, 4) is 0 Å². The summed E-state index contributed by atoms with van der Waals surface area (Å²) in [6.07, 6.45) is 2.69. The first-order chi connectivity index (χ1) is 10.2. The van der Waals surface area contributed by atoms with Gasteiger partial charge in [-0.3, -0.25) is 0 Å². The third kappa shape index (κ3) is 2.65. The number of carbonyl (C=O) groups is 1. The van der Waals surface area contributed by atoms with Crippen molar-refractivity contribution in [1.82, 2.24) is 9.78 Å². The summed E-state index contributed by atoms with van der Waals surface area (Å²) in [4.78, 5) is 12.3. The molecule has 0 radical (unpaired) electrons. The SMILES string of the molecule is CCc1ccc(NC(=O)n2ncc3ccc(C)cc32)cc1. The molecule has 0 aliphatic heterocycles. The first-order valence-corrected chi connectivity index (χ1v) is 7.02. The van der Waals surface area contributed by atoms with Gasteiger partial charge in [0.15, 0.2) is 0 Å². The van der Waals surface area contributed by atoms with Crippen LogP contribution in [0.5, 0.6) is 0 Å². The average Bonchev–Trinajstić information content (AvgIpc) is 2.91. The zero-order valence-electron chi connectivity index (χ0n) is 12.1. The van der Waals surface area contributed by atoms with Crippen LogP contribution in [-0.2, 0) is 6.42 Å². The quantitative estimate of drug-likeness (QED) is 0.771. The van der Waals surface area contributed by atoms with Crippen molar-refractivity contribution in [2.24, 2.45) is 0 Å². The first kappa shape index (κ1) is 13.4. The fraction of sp³-hybridized carbons (Fsp3) is 0.176. The van der Waals surface area contributed by atoms with E-state index in [4.69, 9.17) is 0 Å². The number of rotatable bonds is 2. The Hall–Kier alpha value is -2.62. The van der Waals surface area contributed by atoms with Gasteiger partial charge in [-0.2, -0.15) is 9.78 Å². The van der Waals surface area contributed by atoms with Crippen LogP contribution in [0.15, 0.2) is 48.7 Å². The smallest absolute Gasteiger partial charge is 0.306 e. The minimum atomic E-state index is -0.250. The molecule has 0 unspecified atom stereocenters. The van der Waals surface area contributed by atoms with Gasteiger partial charge in [0.2, 0.25) is 0 Å². The molecule has 4 heteroatoms. The predicted molar refractivity (Wildman–Crippen MR) is 84.7 cm³/mol. The lowest BCUT2D eigenvalue weighted by Crippen LogP contribution is -2.20. The molecular formula is C17H17N3O. The van der Waals surface area contributed by atoms with Crippen molar-refractivity contribution >= 4 is 22.6 Å². The summed E-state index contributed by atoms with van der Waals surface area (Å²) in [5.41, 5.74) is 3.93. The molecule has 0 fully saturated rings. The van der Waals surface area contributed by atoms with Gasteiger partial charge in [-0.1, -0.05) is 31.2 Å². The van der Waals surface area contributed by atoms with Gasteiger partial charge >= 0.3 is 6.03 Å². The van der Waals surface area contributed by atoms with E-state index in [0.29, 0.717) is 0 Å². The number of aromatic nitrogens is 2. The number of carbonyl (C=O) groups excluding carboxylic acids is 1. The largest absolute Gasteiger partial charge is 0.347 e. The van der Waals surface area contributed by atoms with E-state index in [9.17, 15) is 4.79 Å². The lowest BCUT2D eigenvalue weighted by molar-refractivity contribution is 0.252. The number of nitrogens with one attached hydrogen (secondary N) is 1.